The topological polar surface area (TPSA) is 201 Å². The van der Waals surface area contributed by atoms with Crippen molar-refractivity contribution in [2.45, 2.75) is 0 Å². The van der Waals surface area contributed by atoms with Crippen molar-refractivity contribution in [1.29, 1.82) is 0 Å². The standard InChI is InChI=1S/5Al.Ca.Fe.10O/q;;;;;+2;+3;;;;;;5*-1. The minimum absolute atomic E-state index is 0. The number of hydrogen-bond acceptors (Lipinski definition) is 10. The van der Waals surface area contributed by atoms with Crippen LogP contribution in [-0.4, -0.2) is 115 Å². The van der Waals surface area contributed by atoms with Crippen molar-refractivity contribution in [1.82, 2.24) is 0 Å². The Morgan fingerprint density at radius 2 is 0.471 bits per heavy atom. The van der Waals surface area contributed by atoms with Crippen molar-refractivity contribution in [3.8, 4) is 0 Å². The average molecular weight is 391 g/mol. The van der Waals surface area contributed by atoms with Gasteiger partial charge in [0.05, 0.1) is 0 Å². The Morgan fingerprint density at radius 1 is 0.471 bits per heavy atom. The second-order valence-electron chi connectivity index (χ2n) is 0.481. The molecule has 85 valence electrons. The predicted molar refractivity (Wildman–Crippen MR) is 38.0 cm³/mol. The molecule has 1 radical (unpaired) electrons. The molecule has 0 heterocycles. The van der Waals surface area contributed by atoms with E-state index in [1.54, 1.807) is 0 Å². The molecule has 17 heavy (non-hydrogen) atoms. The second-order valence-corrected chi connectivity index (χ2v) is 1.44. The van der Waals surface area contributed by atoms with Gasteiger partial charge in [0.1, 0.15) is 0 Å². The molecule has 0 saturated carbocycles. The van der Waals surface area contributed by atoms with E-state index in [4.69, 9.17) is 39.8 Å². The summed E-state index contributed by atoms with van der Waals surface area (Å²) < 4.78 is 84.6. The molecule has 0 aromatic carbocycles. The van der Waals surface area contributed by atoms with Crippen LogP contribution < -0.4 is 20.8 Å². The van der Waals surface area contributed by atoms with E-state index in [1.165, 1.54) is 0 Å². The third-order valence-corrected chi connectivity index (χ3v) is 0. The van der Waals surface area contributed by atoms with E-state index < -0.39 is 77.4 Å². The molecule has 0 aliphatic carbocycles. The van der Waals surface area contributed by atoms with Gasteiger partial charge in [-0.25, -0.2) is 0 Å². The van der Waals surface area contributed by atoms with Gasteiger partial charge in [-0.2, -0.15) is 0 Å². The van der Waals surface area contributed by atoms with E-state index in [0.717, 1.165) is 0 Å². The van der Waals surface area contributed by atoms with Gasteiger partial charge in [0.2, 0.25) is 0 Å². The van der Waals surface area contributed by atoms with E-state index >= 15 is 0 Å². The summed E-state index contributed by atoms with van der Waals surface area (Å²) in [6, 6.07) is 0. The van der Waals surface area contributed by atoms with Gasteiger partial charge in [0.15, 0.2) is 0 Å². The molecular formula is Al5CaFeO10. The van der Waals surface area contributed by atoms with Crippen LogP contribution in [0.4, 0.5) is 0 Å². The molecule has 0 atom stereocenters. The molecule has 0 unspecified atom stereocenters. The van der Waals surface area contributed by atoms with Crippen molar-refractivity contribution >= 4 is 115 Å². The Bertz CT molecular complexity index is 97.0. The summed E-state index contributed by atoms with van der Waals surface area (Å²) in [7, 11) is 0. The predicted octanol–water partition coefficient (Wildman–Crippen LogP) is -8.83. The number of hydrogen-bond donors (Lipinski definition) is 0. The van der Waals surface area contributed by atoms with Crippen LogP contribution in [0, 0.1) is 0 Å². The van der Waals surface area contributed by atoms with Gasteiger partial charge in [-0.3, -0.25) is 0 Å². The normalized spacial score (nSPS) is 2.35. The van der Waals surface area contributed by atoms with Crippen LogP contribution in [0.2, 0.25) is 0 Å². The van der Waals surface area contributed by atoms with Gasteiger partial charge in [-0.1, -0.05) is 0 Å². The fraction of sp³-hybridized carbons (Fsp3) is 0. The molecule has 0 N–H and O–H groups in total. The maximum atomic E-state index is 8.46. The summed E-state index contributed by atoms with van der Waals surface area (Å²) >= 11 is -8.75. The minimum atomic E-state index is -1.75. The van der Waals surface area contributed by atoms with E-state index in [9.17, 15) is 0 Å². The first-order valence-electron chi connectivity index (χ1n) is 2.36. The second kappa shape index (κ2) is 101. The maximum absolute atomic E-state index is 8.46. The van der Waals surface area contributed by atoms with Crippen LogP contribution in [0.1, 0.15) is 0 Å². The summed E-state index contributed by atoms with van der Waals surface area (Å²) in [6.07, 6.45) is 0. The third kappa shape index (κ3) is 836. The average Bonchev–Trinajstić information content (AvgIpc) is 2.09. The zero-order valence-corrected chi connectivity index (χ0v) is 17.1. The molecule has 17 heteroatoms. The Kier molecular flexibility index (Phi) is 255. The van der Waals surface area contributed by atoms with Crippen LogP contribution in [0.25, 0.3) is 0 Å². The van der Waals surface area contributed by atoms with Gasteiger partial charge in [-0.05, 0) is 0 Å². The zero-order chi connectivity index (χ0) is 13.5. The molecule has 0 aliphatic heterocycles. The molecule has 0 rings (SSSR count). The molecular weight excluding hydrogens is 391 g/mol. The molecule has 0 spiro atoms. The fourth-order valence-corrected chi connectivity index (χ4v) is 0. The summed E-state index contributed by atoms with van der Waals surface area (Å²) in [5.74, 6) is 0. The van der Waals surface area contributed by atoms with Crippen molar-refractivity contribution in [2.75, 3.05) is 0 Å². The monoisotopic (exact) mass is 391 g/mol. The van der Waals surface area contributed by atoms with Gasteiger partial charge < -0.3 is 0 Å². The first kappa shape index (κ1) is 42.7. The first-order valence-corrected chi connectivity index (χ1v) is 7.07. The summed E-state index contributed by atoms with van der Waals surface area (Å²) in [5, 5.41) is 0. The summed E-state index contributed by atoms with van der Waals surface area (Å²) in [5.41, 5.74) is 0. The van der Waals surface area contributed by atoms with E-state index in [0.29, 0.717) is 0 Å². The fourth-order valence-electron chi connectivity index (χ4n) is 0. The van der Waals surface area contributed by atoms with Crippen molar-refractivity contribution in [3.05, 3.63) is 0 Å². The molecule has 0 bridgehead atoms. The molecule has 0 fully saturated rings. The van der Waals surface area contributed by atoms with Crippen LogP contribution >= 0.6 is 0 Å². The van der Waals surface area contributed by atoms with E-state index in [1.807, 2.05) is 0 Å². The molecule has 10 nitrogen and oxygen atoms in total. The number of rotatable bonds is 0. The van der Waals surface area contributed by atoms with Crippen molar-refractivity contribution in [3.63, 3.8) is 0 Å². The van der Waals surface area contributed by atoms with E-state index in [2.05, 4.69) is 0 Å². The van der Waals surface area contributed by atoms with Gasteiger partial charge in [0.25, 0.3) is 0 Å². The Morgan fingerprint density at radius 3 is 0.471 bits per heavy atom. The Balaban J connectivity index is -0.0000000143. The third-order valence-electron chi connectivity index (χ3n) is 0. The van der Waals surface area contributed by atoms with Crippen molar-refractivity contribution < 1.29 is 56.9 Å². The van der Waals surface area contributed by atoms with Crippen molar-refractivity contribution in [2.24, 2.45) is 0 Å². The summed E-state index contributed by atoms with van der Waals surface area (Å²) in [6.45, 7) is 0. The quantitative estimate of drug-likeness (QED) is 0.357. The molecule has 0 aromatic heterocycles. The molecule has 0 aromatic rings. The van der Waals surface area contributed by atoms with E-state index in [-0.39, 0.29) is 54.8 Å². The van der Waals surface area contributed by atoms with Crippen LogP contribution in [0.3, 0.4) is 0 Å². The van der Waals surface area contributed by atoms with Crippen LogP contribution in [0.15, 0.2) is 0 Å². The molecule has 0 saturated heterocycles. The molecule has 0 amide bonds. The molecule has 0 aliphatic rings. The Labute approximate surface area is 169 Å². The van der Waals surface area contributed by atoms with Gasteiger partial charge in [0, 0.05) is 0 Å². The van der Waals surface area contributed by atoms with Crippen LogP contribution in [-0.2, 0) is 36.1 Å². The first-order chi connectivity index (χ1) is 7.07. The summed E-state index contributed by atoms with van der Waals surface area (Å²) in [4.78, 5) is 0. The van der Waals surface area contributed by atoms with Crippen LogP contribution in [0.5, 0.6) is 0 Å². The SMILES string of the molecule is [Ca+2].[Fe+3].[O]=[Al][O-].[O]=[Al][O-].[O]=[Al][O-].[O]=[Al][O-].[O]=[Al][O-]. The zero-order valence-electron chi connectivity index (χ0n) is 8.03. The Hall–Kier alpha value is 2.44. The van der Waals surface area contributed by atoms with Gasteiger partial charge >= 0.3 is 172 Å². The van der Waals surface area contributed by atoms with Gasteiger partial charge in [-0.15, -0.1) is 0 Å².